The Balaban J connectivity index is 1.78. The van der Waals surface area contributed by atoms with Crippen LogP contribution in [0.25, 0.3) is 0 Å². The van der Waals surface area contributed by atoms with Crippen molar-refractivity contribution in [1.82, 2.24) is 5.32 Å². The topological polar surface area (TPSA) is 121 Å². The number of carbonyl (C=O) groups is 1. The molecule has 0 spiro atoms. The highest BCUT2D eigenvalue weighted by molar-refractivity contribution is 5.70. The Morgan fingerprint density at radius 1 is 1.26 bits per heavy atom. The van der Waals surface area contributed by atoms with Gasteiger partial charge < -0.3 is 34.8 Å². The van der Waals surface area contributed by atoms with E-state index in [9.17, 15) is 20.1 Å². The number of allylic oxidation sites excluding steroid dienone is 2. The van der Waals surface area contributed by atoms with Crippen molar-refractivity contribution in [3.05, 3.63) is 36.0 Å². The summed E-state index contributed by atoms with van der Waals surface area (Å²) in [6.45, 7) is 13.5. The minimum Gasteiger partial charge on any atom is -0.457 e. The molecule has 2 fully saturated rings. The number of ether oxygens (including phenoxy) is 3. The molecule has 0 bridgehead atoms. The lowest BCUT2D eigenvalue weighted by molar-refractivity contribution is -0.150. The molecule has 0 radical (unpaired) electrons. The van der Waals surface area contributed by atoms with E-state index in [1.807, 2.05) is 39.8 Å². The van der Waals surface area contributed by atoms with Crippen molar-refractivity contribution < 1.29 is 34.3 Å². The van der Waals surface area contributed by atoms with Crippen LogP contribution in [0.5, 0.6) is 0 Å². The highest BCUT2D eigenvalue weighted by Crippen LogP contribution is 2.39. The lowest BCUT2D eigenvalue weighted by Gasteiger charge is -2.37. The predicted octanol–water partition coefficient (Wildman–Crippen LogP) is 4.62. The number of hydrogen-bond acceptors (Lipinski definition) is 8. The van der Waals surface area contributed by atoms with Crippen molar-refractivity contribution >= 4 is 5.97 Å². The highest BCUT2D eigenvalue weighted by Gasteiger charge is 2.54. The lowest BCUT2D eigenvalue weighted by Crippen LogP contribution is -2.56. The summed E-state index contributed by atoms with van der Waals surface area (Å²) in [6, 6.07) is 0.102. The molecule has 0 amide bonds. The van der Waals surface area contributed by atoms with Crippen molar-refractivity contribution in [1.29, 1.82) is 0 Å². The van der Waals surface area contributed by atoms with Gasteiger partial charge in [-0.15, -0.1) is 0 Å². The Bertz CT molecular complexity index is 965. The smallest absolute Gasteiger partial charge is 0.306 e. The summed E-state index contributed by atoms with van der Waals surface area (Å²) >= 11 is 0. The quantitative estimate of drug-likeness (QED) is 0.119. The average molecular weight is 592 g/mol. The molecule has 0 aromatic rings. The molecule has 11 atom stereocenters. The molecule has 2 heterocycles. The third-order valence-electron chi connectivity index (χ3n) is 9.72. The normalized spacial score (nSPS) is 37.1. The average Bonchev–Trinajstić information content (AvgIpc) is 3.68. The van der Waals surface area contributed by atoms with Crippen LogP contribution in [0.15, 0.2) is 36.0 Å². The molecule has 4 N–H and O–H groups in total. The van der Waals surface area contributed by atoms with Crippen molar-refractivity contribution in [3.8, 4) is 0 Å². The zero-order valence-electron chi connectivity index (χ0n) is 27.1. The number of aliphatic hydroxyl groups excluding tert-OH is 1. The fourth-order valence-corrected chi connectivity index (χ4v) is 6.28. The van der Waals surface area contributed by atoms with Crippen molar-refractivity contribution in [3.63, 3.8) is 0 Å². The zero-order valence-corrected chi connectivity index (χ0v) is 27.1. The van der Waals surface area contributed by atoms with Gasteiger partial charge in [0.15, 0.2) is 0 Å². The van der Waals surface area contributed by atoms with Gasteiger partial charge in [-0.1, -0.05) is 64.5 Å². The first-order chi connectivity index (χ1) is 19.7. The number of methoxy groups -OCH3 is 1. The summed E-state index contributed by atoms with van der Waals surface area (Å²) in [5, 5.41) is 36.7. The number of esters is 1. The zero-order chi connectivity index (χ0) is 31.2. The van der Waals surface area contributed by atoms with E-state index in [0.29, 0.717) is 18.9 Å². The van der Waals surface area contributed by atoms with Crippen molar-refractivity contribution in [2.24, 2.45) is 17.8 Å². The van der Waals surface area contributed by atoms with Crippen LogP contribution in [0.3, 0.4) is 0 Å². The second-order valence-electron chi connectivity index (χ2n) is 13.7. The fraction of sp³-hybridized carbons (Fsp3) is 0.794. The minimum atomic E-state index is -1.27. The third-order valence-corrected chi connectivity index (χ3v) is 9.72. The maximum absolute atomic E-state index is 12.8. The van der Waals surface area contributed by atoms with Crippen LogP contribution in [0.2, 0.25) is 0 Å². The van der Waals surface area contributed by atoms with Gasteiger partial charge in [-0.25, -0.2) is 0 Å². The molecule has 1 saturated heterocycles. The van der Waals surface area contributed by atoms with Crippen molar-refractivity contribution in [2.75, 3.05) is 7.11 Å². The fourth-order valence-electron chi connectivity index (χ4n) is 6.28. The van der Waals surface area contributed by atoms with Crippen LogP contribution in [0, 0.1) is 17.8 Å². The first-order valence-corrected chi connectivity index (χ1v) is 16.0. The van der Waals surface area contributed by atoms with E-state index in [2.05, 4.69) is 19.2 Å². The van der Waals surface area contributed by atoms with Gasteiger partial charge in [-0.05, 0) is 64.4 Å². The molecule has 8 nitrogen and oxygen atoms in total. The van der Waals surface area contributed by atoms with Crippen LogP contribution in [0.1, 0.15) is 93.4 Å². The first kappa shape index (κ1) is 34.9. The largest absolute Gasteiger partial charge is 0.457 e. The predicted molar refractivity (Wildman–Crippen MR) is 165 cm³/mol. The molecule has 240 valence electrons. The summed E-state index contributed by atoms with van der Waals surface area (Å²) in [5.74, 6) is -0.285. The number of epoxide rings is 1. The second kappa shape index (κ2) is 15.0. The standard InChI is InChI=1S/C34H57NO7/c1-9-26(40-8)24(5)30-31(42-30)32(35-25-13-10-14-25)34(7,39)18-11-12-22(3)29-23(4)15-16-27(36)33(6,38)19-17-21(2)20-28(37)41-29/h11-12,15-16,18,21,23-27,29-32,35-36,38-39H,9-10,13-14,17,19-20H2,1-8H3. The molecule has 8 heteroatoms. The van der Waals surface area contributed by atoms with E-state index in [1.165, 1.54) is 6.42 Å². The Morgan fingerprint density at radius 3 is 2.55 bits per heavy atom. The molecule has 0 aromatic heterocycles. The van der Waals surface area contributed by atoms with Crippen molar-refractivity contribution in [2.45, 2.75) is 147 Å². The van der Waals surface area contributed by atoms with E-state index < -0.39 is 23.4 Å². The number of hydrogen-bond donors (Lipinski definition) is 4. The Morgan fingerprint density at radius 2 is 1.95 bits per heavy atom. The maximum Gasteiger partial charge on any atom is 0.306 e. The monoisotopic (exact) mass is 591 g/mol. The Kier molecular flexibility index (Phi) is 12.4. The molecule has 2 aliphatic heterocycles. The second-order valence-corrected chi connectivity index (χ2v) is 13.7. The van der Waals surface area contributed by atoms with Gasteiger partial charge in [0.1, 0.15) is 18.3 Å². The lowest BCUT2D eigenvalue weighted by atomic mass is 9.84. The van der Waals surface area contributed by atoms with E-state index in [4.69, 9.17) is 14.2 Å². The van der Waals surface area contributed by atoms with Gasteiger partial charge in [0, 0.05) is 31.4 Å². The summed E-state index contributed by atoms with van der Waals surface area (Å²) in [4.78, 5) is 12.8. The Hall–Kier alpha value is -1.55. The van der Waals surface area contributed by atoms with Gasteiger partial charge in [-0.2, -0.15) is 0 Å². The summed E-state index contributed by atoms with van der Waals surface area (Å²) < 4.78 is 17.8. The van der Waals surface area contributed by atoms with Crippen LogP contribution in [-0.2, 0) is 19.0 Å². The molecular formula is C34H57NO7. The number of aliphatic hydroxyl groups is 3. The number of carbonyl (C=O) groups excluding carboxylic acids is 1. The van der Waals surface area contributed by atoms with Crippen LogP contribution in [-0.4, -0.2) is 82.2 Å². The van der Waals surface area contributed by atoms with Gasteiger partial charge in [-0.3, -0.25) is 4.79 Å². The van der Waals surface area contributed by atoms with Crippen LogP contribution in [0.4, 0.5) is 0 Å². The first-order valence-electron chi connectivity index (χ1n) is 16.0. The van der Waals surface area contributed by atoms with Gasteiger partial charge in [0.05, 0.1) is 29.5 Å². The SMILES string of the molecule is CCC(OC)C(C)C1OC1C(NC1CCC1)C(C)(O)C=CC=C(C)C1OC(=O)CC(C)CCC(C)(O)C(O)C=CC1C. The molecule has 11 unspecified atom stereocenters. The minimum absolute atomic E-state index is 0.0163. The van der Waals surface area contributed by atoms with Gasteiger partial charge in [0.2, 0.25) is 0 Å². The number of cyclic esters (lactones) is 1. The highest BCUT2D eigenvalue weighted by atomic mass is 16.6. The molecular weight excluding hydrogens is 534 g/mol. The van der Waals surface area contributed by atoms with E-state index in [0.717, 1.165) is 24.8 Å². The maximum atomic E-state index is 12.8. The molecule has 1 saturated carbocycles. The third kappa shape index (κ3) is 9.23. The summed E-state index contributed by atoms with van der Waals surface area (Å²) in [7, 11) is 1.74. The van der Waals surface area contributed by atoms with Crippen LogP contribution < -0.4 is 5.32 Å². The van der Waals surface area contributed by atoms with E-state index >= 15 is 0 Å². The Labute approximate surface area is 253 Å². The summed E-state index contributed by atoms with van der Waals surface area (Å²) in [6.07, 6.45) is 12.9. The molecule has 1 aliphatic carbocycles. The van der Waals surface area contributed by atoms with Crippen LogP contribution >= 0.6 is 0 Å². The van der Waals surface area contributed by atoms with Gasteiger partial charge in [0.25, 0.3) is 0 Å². The number of rotatable bonds is 11. The van der Waals surface area contributed by atoms with Gasteiger partial charge >= 0.3 is 5.97 Å². The number of nitrogens with one attached hydrogen (secondary N) is 1. The molecule has 3 rings (SSSR count). The summed E-state index contributed by atoms with van der Waals surface area (Å²) in [5.41, 5.74) is -1.63. The van der Waals surface area contributed by atoms with E-state index in [-0.39, 0.29) is 54.5 Å². The molecule has 3 aliphatic rings. The van der Waals surface area contributed by atoms with E-state index in [1.54, 1.807) is 32.3 Å². The molecule has 42 heavy (non-hydrogen) atoms. The molecule has 0 aromatic carbocycles.